The summed E-state index contributed by atoms with van der Waals surface area (Å²) in [4.78, 5) is 19.9. The van der Waals surface area contributed by atoms with E-state index < -0.39 is 0 Å². The quantitative estimate of drug-likeness (QED) is 0.460. The lowest BCUT2D eigenvalue weighted by molar-refractivity contribution is -0.113. The number of hydrogen-bond acceptors (Lipinski definition) is 4. The molecule has 0 unspecified atom stereocenters. The second kappa shape index (κ2) is 9.52. The first-order chi connectivity index (χ1) is 15.6. The van der Waals surface area contributed by atoms with Gasteiger partial charge in [0.25, 0.3) is 5.91 Å². The normalized spacial score (nSPS) is 14.6. The molecule has 0 spiro atoms. The standard InChI is InChI=1S/C27H26N2O3/c1-4-31-24-16-15-20(18-25(24)32-5-2)17-23-27(30)29(21-12-7-6-8-13-21)26(28-23)22-14-10-9-11-19(22)3/h6-18H,4-5H2,1-3H3/b23-17-. The molecule has 5 heteroatoms. The summed E-state index contributed by atoms with van der Waals surface area (Å²) in [5.41, 5.74) is 3.96. The van der Waals surface area contributed by atoms with Gasteiger partial charge in [-0.3, -0.25) is 9.69 Å². The molecule has 0 radical (unpaired) electrons. The van der Waals surface area contributed by atoms with Crippen molar-refractivity contribution < 1.29 is 14.3 Å². The molecule has 1 heterocycles. The number of amides is 1. The predicted molar refractivity (Wildman–Crippen MR) is 128 cm³/mol. The highest BCUT2D eigenvalue weighted by Gasteiger charge is 2.33. The van der Waals surface area contributed by atoms with E-state index in [0.29, 0.717) is 36.2 Å². The van der Waals surface area contributed by atoms with E-state index in [0.717, 1.165) is 22.4 Å². The van der Waals surface area contributed by atoms with Crippen molar-refractivity contribution in [2.75, 3.05) is 18.1 Å². The number of hydrogen-bond donors (Lipinski definition) is 0. The van der Waals surface area contributed by atoms with Crippen molar-refractivity contribution in [3.63, 3.8) is 0 Å². The summed E-state index contributed by atoms with van der Waals surface area (Å²) in [7, 11) is 0. The molecule has 1 aliphatic rings. The molecule has 1 amide bonds. The van der Waals surface area contributed by atoms with E-state index in [-0.39, 0.29) is 5.91 Å². The van der Waals surface area contributed by atoms with Gasteiger partial charge in [-0.15, -0.1) is 0 Å². The van der Waals surface area contributed by atoms with Gasteiger partial charge in [0.05, 0.1) is 18.9 Å². The number of carbonyl (C=O) groups is 1. The second-order valence-electron chi connectivity index (χ2n) is 7.33. The van der Waals surface area contributed by atoms with E-state index in [9.17, 15) is 4.79 Å². The van der Waals surface area contributed by atoms with Gasteiger partial charge in [-0.25, -0.2) is 4.99 Å². The van der Waals surface area contributed by atoms with Crippen LogP contribution in [-0.2, 0) is 4.79 Å². The smallest absolute Gasteiger partial charge is 0.282 e. The molecule has 0 N–H and O–H groups in total. The third-order valence-electron chi connectivity index (χ3n) is 5.13. The van der Waals surface area contributed by atoms with Gasteiger partial charge in [-0.2, -0.15) is 0 Å². The Bertz CT molecular complexity index is 1180. The van der Waals surface area contributed by atoms with Gasteiger partial charge in [0.1, 0.15) is 11.5 Å². The number of ether oxygens (including phenoxy) is 2. The third-order valence-corrected chi connectivity index (χ3v) is 5.13. The fourth-order valence-corrected chi connectivity index (χ4v) is 3.65. The number of benzene rings is 3. The minimum Gasteiger partial charge on any atom is -0.490 e. The number of nitrogens with zero attached hydrogens (tertiary/aromatic N) is 2. The lowest BCUT2D eigenvalue weighted by atomic mass is 10.1. The Morgan fingerprint density at radius 2 is 1.56 bits per heavy atom. The Morgan fingerprint density at radius 3 is 2.28 bits per heavy atom. The first-order valence-electron chi connectivity index (χ1n) is 10.8. The number of carbonyl (C=O) groups excluding carboxylic acids is 1. The Morgan fingerprint density at radius 1 is 0.875 bits per heavy atom. The average molecular weight is 427 g/mol. The van der Waals surface area contributed by atoms with Crippen molar-refractivity contribution in [3.05, 3.63) is 95.2 Å². The van der Waals surface area contributed by atoms with Crippen LogP contribution in [0.4, 0.5) is 5.69 Å². The van der Waals surface area contributed by atoms with Gasteiger partial charge >= 0.3 is 0 Å². The minimum atomic E-state index is -0.165. The number of para-hydroxylation sites is 1. The fraction of sp³-hybridized carbons (Fsp3) is 0.185. The highest BCUT2D eigenvalue weighted by Crippen LogP contribution is 2.32. The molecule has 0 saturated carbocycles. The Kier molecular flexibility index (Phi) is 6.36. The average Bonchev–Trinajstić information content (AvgIpc) is 3.12. The number of amidine groups is 1. The van der Waals surface area contributed by atoms with E-state index in [2.05, 4.69) is 0 Å². The molecule has 4 rings (SSSR count). The SMILES string of the molecule is CCOc1ccc(/C=C2\N=C(c3ccccc3C)N(c3ccccc3)C2=O)cc1OCC. The summed E-state index contributed by atoms with van der Waals surface area (Å²) < 4.78 is 11.4. The highest BCUT2D eigenvalue weighted by molar-refractivity contribution is 6.33. The molecular weight excluding hydrogens is 400 g/mol. The Balaban J connectivity index is 1.79. The van der Waals surface area contributed by atoms with Crippen LogP contribution in [0.25, 0.3) is 6.08 Å². The summed E-state index contributed by atoms with van der Waals surface area (Å²) in [6.07, 6.45) is 1.79. The monoisotopic (exact) mass is 426 g/mol. The van der Waals surface area contributed by atoms with Crippen LogP contribution in [0.3, 0.4) is 0 Å². The lowest BCUT2D eigenvalue weighted by Crippen LogP contribution is -2.33. The Labute approximate surface area is 188 Å². The van der Waals surface area contributed by atoms with Crippen molar-refractivity contribution >= 4 is 23.5 Å². The minimum absolute atomic E-state index is 0.165. The van der Waals surface area contributed by atoms with Gasteiger partial charge in [0.15, 0.2) is 11.5 Å². The molecule has 162 valence electrons. The van der Waals surface area contributed by atoms with Crippen molar-refractivity contribution in [1.29, 1.82) is 0 Å². The van der Waals surface area contributed by atoms with E-state index >= 15 is 0 Å². The molecule has 1 aliphatic heterocycles. The maximum Gasteiger partial charge on any atom is 0.282 e. The fourth-order valence-electron chi connectivity index (χ4n) is 3.65. The van der Waals surface area contributed by atoms with Crippen molar-refractivity contribution in [3.8, 4) is 11.5 Å². The number of aryl methyl sites for hydroxylation is 1. The molecule has 0 saturated heterocycles. The van der Waals surface area contributed by atoms with Crippen molar-refractivity contribution in [2.45, 2.75) is 20.8 Å². The van der Waals surface area contributed by atoms with E-state index in [1.54, 1.807) is 11.0 Å². The van der Waals surface area contributed by atoms with Crippen LogP contribution < -0.4 is 14.4 Å². The number of rotatable bonds is 7. The lowest BCUT2D eigenvalue weighted by Gasteiger charge is -2.19. The van der Waals surface area contributed by atoms with Crippen LogP contribution in [0.5, 0.6) is 11.5 Å². The summed E-state index contributed by atoms with van der Waals surface area (Å²) in [5, 5.41) is 0. The predicted octanol–water partition coefficient (Wildman–Crippen LogP) is 5.63. The molecule has 0 aromatic heterocycles. The van der Waals surface area contributed by atoms with E-state index in [1.807, 2.05) is 93.6 Å². The van der Waals surface area contributed by atoms with E-state index in [1.165, 1.54) is 0 Å². The largest absolute Gasteiger partial charge is 0.490 e. The van der Waals surface area contributed by atoms with Gasteiger partial charge in [0, 0.05) is 5.56 Å². The van der Waals surface area contributed by atoms with Gasteiger partial charge in [0.2, 0.25) is 0 Å². The van der Waals surface area contributed by atoms with Crippen molar-refractivity contribution in [1.82, 2.24) is 0 Å². The molecular formula is C27H26N2O3. The van der Waals surface area contributed by atoms with Crippen LogP contribution in [0.2, 0.25) is 0 Å². The van der Waals surface area contributed by atoms with Crippen LogP contribution in [0, 0.1) is 6.92 Å². The number of anilines is 1. The molecule has 0 atom stereocenters. The maximum absolute atomic E-state index is 13.5. The van der Waals surface area contributed by atoms with Crippen LogP contribution in [0.15, 0.2) is 83.5 Å². The van der Waals surface area contributed by atoms with Gasteiger partial charge < -0.3 is 9.47 Å². The molecule has 5 nitrogen and oxygen atoms in total. The van der Waals surface area contributed by atoms with E-state index in [4.69, 9.17) is 14.5 Å². The second-order valence-corrected chi connectivity index (χ2v) is 7.33. The highest BCUT2D eigenvalue weighted by atomic mass is 16.5. The zero-order chi connectivity index (χ0) is 22.5. The van der Waals surface area contributed by atoms with Gasteiger partial charge in [-0.1, -0.05) is 48.5 Å². The van der Waals surface area contributed by atoms with Crippen LogP contribution in [0.1, 0.15) is 30.5 Å². The van der Waals surface area contributed by atoms with Crippen LogP contribution >= 0.6 is 0 Å². The van der Waals surface area contributed by atoms with Gasteiger partial charge in [-0.05, 0) is 62.2 Å². The summed E-state index contributed by atoms with van der Waals surface area (Å²) in [6, 6.07) is 23.2. The summed E-state index contributed by atoms with van der Waals surface area (Å²) in [5.74, 6) is 1.80. The summed E-state index contributed by atoms with van der Waals surface area (Å²) >= 11 is 0. The Hall–Kier alpha value is -3.86. The zero-order valence-corrected chi connectivity index (χ0v) is 18.5. The number of aliphatic imine (C=N–C) groups is 1. The maximum atomic E-state index is 13.5. The molecule has 0 aliphatic carbocycles. The molecule has 32 heavy (non-hydrogen) atoms. The zero-order valence-electron chi connectivity index (χ0n) is 18.5. The van der Waals surface area contributed by atoms with Crippen molar-refractivity contribution in [2.24, 2.45) is 4.99 Å². The summed E-state index contributed by atoms with van der Waals surface area (Å²) in [6.45, 7) is 6.96. The first-order valence-corrected chi connectivity index (χ1v) is 10.8. The molecule has 3 aromatic carbocycles. The molecule has 0 fully saturated rings. The molecule has 0 bridgehead atoms. The third kappa shape index (κ3) is 4.28. The first kappa shape index (κ1) is 21.4. The topological polar surface area (TPSA) is 51.1 Å². The molecule has 3 aromatic rings. The van der Waals surface area contributed by atoms with Crippen LogP contribution in [-0.4, -0.2) is 25.0 Å².